The topological polar surface area (TPSA) is 69.0 Å². The molecule has 3 rings (SSSR count). The van der Waals surface area contributed by atoms with Gasteiger partial charge in [-0.1, -0.05) is 49.9 Å². The Labute approximate surface area is 190 Å². The molecule has 1 N–H and O–H groups in total. The fourth-order valence-electron chi connectivity index (χ4n) is 3.01. The number of halogens is 2. The Morgan fingerprint density at radius 1 is 1.09 bits per heavy atom. The van der Waals surface area contributed by atoms with Crippen LogP contribution in [0.1, 0.15) is 38.3 Å². The summed E-state index contributed by atoms with van der Waals surface area (Å²) in [6.45, 7) is 6.87. The van der Waals surface area contributed by atoms with Crippen LogP contribution >= 0.6 is 11.8 Å². The highest BCUT2D eigenvalue weighted by Crippen LogP contribution is 2.26. The number of hydrogen-bond donors (Lipinski definition) is 1. The number of ether oxygens (including phenoxy) is 1. The van der Waals surface area contributed by atoms with E-state index in [9.17, 15) is 13.6 Å². The molecule has 0 spiro atoms. The number of nitrogens with zero attached hydrogens (tertiary/aromatic N) is 3. The lowest BCUT2D eigenvalue weighted by molar-refractivity contribution is -0.118. The summed E-state index contributed by atoms with van der Waals surface area (Å²) in [7, 11) is 0. The van der Waals surface area contributed by atoms with Crippen LogP contribution in [-0.2, 0) is 17.9 Å². The van der Waals surface area contributed by atoms with Gasteiger partial charge in [-0.05, 0) is 42.7 Å². The standard InChI is InChI=1S/C23H26F2N4O2S/c1-15(2)13-29-22(16(3)31-20-7-5-4-6-19(20)25)27-28-23(29)32-14-21(30)26-12-17-8-10-18(24)11-9-17/h4-11,15-16H,12-14H2,1-3H3,(H,26,30). The minimum atomic E-state index is -0.528. The van der Waals surface area contributed by atoms with Crippen molar-refractivity contribution in [2.75, 3.05) is 5.75 Å². The molecule has 32 heavy (non-hydrogen) atoms. The van der Waals surface area contributed by atoms with Gasteiger partial charge in [0, 0.05) is 13.1 Å². The Morgan fingerprint density at radius 2 is 1.81 bits per heavy atom. The Balaban J connectivity index is 1.64. The summed E-state index contributed by atoms with van der Waals surface area (Å²) < 4.78 is 34.6. The zero-order chi connectivity index (χ0) is 23.1. The van der Waals surface area contributed by atoms with E-state index in [1.165, 1.54) is 30.0 Å². The van der Waals surface area contributed by atoms with Crippen molar-refractivity contribution in [3.8, 4) is 5.75 Å². The molecule has 3 aromatic rings. The Bertz CT molecular complexity index is 1040. The molecule has 0 aliphatic heterocycles. The minimum absolute atomic E-state index is 0.147. The maximum absolute atomic E-state index is 14.0. The van der Waals surface area contributed by atoms with E-state index in [4.69, 9.17) is 4.74 Å². The van der Waals surface area contributed by atoms with Gasteiger partial charge in [0.05, 0.1) is 5.75 Å². The summed E-state index contributed by atoms with van der Waals surface area (Å²) in [5.41, 5.74) is 0.814. The highest BCUT2D eigenvalue weighted by atomic mass is 32.2. The Kier molecular flexibility index (Phi) is 8.21. The van der Waals surface area contributed by atoms with Crippen molar-refractivity contribution in [3.05, 3.63) is 71.6 Å². The van der Waals surface area contributed by atoms with Crippen molar-refractivity contribution >= 4 is 17.7 Å². The molecule has 1 atom stereocenters. The van der Waals surface area contributed by atoms with Crippen molar-refractivity contribution < 1.29 is 18.3 Å². The molecular formula is C23H26F2N4O2S. The molecule has 1 aromatic heterocycles. The quantitative estimate of drug-likeness (QED) is 0.442. The number of carbonyl (C=O) groups excluding carboxylic acids is 1. The van der Waals surface area contributed by atoms with Crippen LogP contribution in [0.2, 0.25) is 0 Å². The van der Waals surface area contributed by atoms with Gasteiger partial charge in [0.25, 0.3) is 0 Å². The second-order valence-corrected chi connectivity index (χ2v) is 8.67. The molecule has 0 aliphatic carbocycles. The molecule has 0 saturated carbocycles. The average Bonchev–Trinajstić information content (AvgIpc) is 3.15. The molecule has 0 radical (unpaired) electrons. The van der Waals surface area contributed by atoms with Crippen molar-refractivity contribution in [2.45, 2.75) is 45.1 Å². The second kappa shape index (κ2) is 11.1. The van der Waals surface area contributed by atoms with Crippen LogP contribution in [-0.4, -0.2) is 26.4 Å². The fourth-order valence-corrected chi connectivity index (χ4v) is 3.80. The zero-order valence-electron chi connectivity index (χ0n) is 18.2. The first-order valence-electron chi connectivity index (χ1n) is 10.3. The van der Waals surface area contributed by atoms with Gasteiger partial charge >= 0.3 is 0 Å². The first kappa shape index (κ1) is 23.7. The molecule has 0 fully saturated rings. The van der Waals surface area contributed by atoms with Crippen molar-refractivity contribution in [2.24, 2.45) is 5.92 Å². The molecule has 1 unspecified atom stereocenters. The third kappa shape index (κ3) is 6.53. The molecule has 2 aromatic carbocycles. The van der Waals surface area contributed by atoms with E-state index >= 15 is 0 Å². The highest BCUT2D eigenvalue weighted by molar-refractivity contribution is 7.99. The molecule has 1 heterocycles. The monoisotopic (exact) mass is 460 g/mol. The van der Waals surface area contributed by atoms with Gasteiger partial charge in [-0.2, -0.15) is 0 Å². The van der Waals surface area contributed by atoms with Crippen LogP contribution in [0.3, 0.4) is 0 Å². The van der Waals surface area contributed by atoms with Gasteiger partial charge in [-0.3, -0.25) is 4.79 Å². The summed E-state index contributed by atoms with van der Waals surface area (Å²) in [6, 6.07) is 12.2. The van der Waals surface area contributed by atoms with Crippen LogP contribution in [0.15, 0.2) is 53.7 Å². The smallest absolute Gasteiger partial charge is 0.230 e. The van der Waals surface area contributed by atoms with Gasteiger partial charge in [0.15, 0.2) is 28.7 Å². The van der Waals surface area contributed by atoms with Gasteiger partial charge < -0.3 is 14.6 Å². The number of benzene rings is 2. The largest absolute Gasteiger partial charge is 0.480 e. The normalized spacial score (nSPS) is 12.1. The minimum Gasteiger partial charge on any atom is -0.480 e. The molecule has 6 nitrogen and oxygen atoms in total. The van der Waals surface area contributed by atoms with Gasteiger partial charge in [0.2, 0.25) is 5.91 Å². The molecule has 0 bridgehead atoms. The molecule has 1 amide bonds. The first-order chi connectivity index (χ1) is 15.3. The summed E-state index contributed by atoms with van der Waals surface area (Å²) in [5, 5.41) is 11.9. The number of para-hydroxylation sites is 1. The van der Waals surface area contributed by atoms with Crippen LogP contribution < -0.4 is 10.1 Å². The highest BCUT2D eigenvalue weighted by Gasteiger charge is 2.21. The maximum atomic E-state index is 14.0. The maximum Gasteiger partial charge on any atom is 0.230 e. The molecule has 170 valence electrons. The summed E-state index contributed by atoms with van der Waals surface area (Å²) in [4.78, 5) is 12.3. The number of amides is 1. The molecule has 9 heteroatoms. The summed E-state index contributed by atoms with van der Waals surface area (Å²) in [5.74, 6) is 0.239. The molecular weight excluding hydrogens is 434 g/mol. The number of hydrogen-bond acceptors (Lipinski definition) is 5. The van der Waals surface area contributed by atoms with Crippen molar-refractivity contribution in [1.29, 1.82) is 0 Å². The van der Waals surface area contributed by atoms with E-state index < -0.39 is 11.9 Å². The number of nitrogens with one attached hydrogen (secondary N) is 1. The molecule has 0 aliphatic rings. The van der Waals surface area contributed by atoms with Crippen LogP contribution in [0.25, 0.3) is 0 Å². The van der Waals surface area contributed by atoms with E-state index in [-0.39, 0.29) is 23.2 Å². The third-order valence-electron chi connectivity index (χ3n) is 4.53. The lowest BCUT2D eigenvalue weighted by atomic mass is 10.2. The third-order valence-corrected chi connectivity index (χ3v) is 5.50. The van der Waals surface area contributed by atoms with Crippen LogP contribution in [0.4, 0.5) is 8.78 Å². The number of thioether (sulfide) groups is 1. The van der Waals surface area contributed by atoms with Gasteiger partial charge in [0.1, 0.15) is 5.82 Å². The van der Waals surface area contributed by atoms with Crippen molar-refractivity contribution in [3.63, 3.8) is 0 Å². The zero-order valence-corrected chi connectivity index (χ0v) is 19.0. The fraction of sp³-hybridized carbons (Fsp3) is 0.348. The second-order valence-electron chi connectivity index (χ2n) is 7.73. The van der Waals surface area contributed by atoms with E-state index in [1.807, 2.05) is 4.57 Å². The van der Waals surface area contributed by atoms with E-state index in [0.29, 0.717) is 30.0 Å². The Hall–Kier alpha value is -2.94. The average molecular weight is 461 g/mol. The van der Waals surface area contributed by atoms with Crippen LogP contribution in [0, 0.1) is 17.6 Å². The van der Waals surface area contributed by atoms with Crippen molar-refractivity contribution in [1.82, 2.24) is 20.1 Å². The van der Waals surface area contributed by atoms with Gasteiger partial charge in [-0.15, -0.1) is 10.2 Å². The van der Waals surface area contributed by atoms with Gasteiger partial charge in [-0.25, -0.2) is 8.78 Å². The van der Waals surface area contributed by atoms with E-state index in [2.05, 4.69) is 29.4 Å². The number of carbonyl (C=O) groups is 1. The Morgan fingerprint density at radius 3 is 2.50 bits per heavy atom. The number of rotatable bonds is 10. The summed E-state index contributed by atoms with van der Waals surface area (Å²) in [6.07, 6.45) is -0.528. The predicted molar refractivity (Wildman–Crippen MR) is 119 cm³/mol. The lowest BCUT2D eigenvalue weighted by Gasteiger charge is -2.18. The summed E-state index contributed by atoms with van der Waals surface area (Å²) >= 11 is 1.27. The predicted octanol–water partition coefficient (Wildman–Crippen LogP) is 4.76. The lowest BCUT2D eigenvalue weighted by Crippen LogP contribution is -2.25. The van der Waals surface area contributed by atoms with E-state index in [0.717, 1.165) is 5.56 Å². The first-order valence-corrected chi connectivity index (χ1v) is 11.3. The molecule has 0 saturated heterocycles. The van der Waals surface area contributed by atoms with E-state index in [1.54, 1.807) is 37.3 Å². The SMILES string of the molecule is CC(C)Cn1c(SCC(=O)NCc2ccc(F)cc2)nnc1C(C)Oc1ccccc1F. The number of aromatic nitrogens is 3. The van der Waals surface area contributed by atoms with Crippen LogP contribution in [0.5, 0.6) is 5.75 Å².